The zero-order valence-electron chi connectivity index (χ0n) is 21.9. The fraction of sp³-hybridized carbons (Fsp3) is 0.654. The largest absolute Gasteiger partial charge is 0.439 e. The summed E-state index contributed by atoms with van der Waals surface area (Å²) in [6.45, 7) is 7.28. The summed E-state index contributed by atoms with van der Waals surface area (Å²) < 4.78 is 32.7. The van der Waals surface area contributed by atoms with Gasteiger partial charge in [0, 0.05) is 70.0 Å². The molecule has 0 radical (unpaired) electrons. The highest BCUT2D eigenvalue weighted by molar-refractivity contribution is 7.52. The van der Waals surface area contributed by atoms with E-state index in [9.17, 15) is 9.36 Å². The zero-order chi connectivity index (χ0) is 25.4. The summed E-state index contributed by atoms with van der Waals surface area (Å²) in [5.41, 5.74) is 3.05. The Morgan fingerprint density at radius 2 is 1.83 bits per heavy atom. The van der Waals surface area contributed by atoms with Crippen LogP contribution in [-0.4, -0.2) is 91.7 Å². The molecule has 9 nitrogen and oxygen atoms in total. The van der Waals surface area contributed by atoms with Gasteiger partial charge in [-0.15, -0.1) is 0 Å². The van der Waals surface area contributed by atoms with E-state index in [1.165, 1.54) is 19.8 Å². The maximum Gasteiger partial charge on any atom is 0.439 e. The van der Waals surface area contributed by atoms with Crippen LogP contribution in [0.4, 0.5) is 4.79 Å². The Morgan fingerprint density at radius 3 is 2.53 bits per heavy atom. The Morgan fingerprint density at radius 1 is 1.08 bits per heavy atom. The van der Waals surface area contributed by atoms with Crippen molar-refractivity contribution in [1.82, 2.24) is 19.0 Å². The van der Waals surface area contributed by atoms with E-state index in [1.807, 2.05) is 16.5 Å². The van der Waals surface area contributed by atoms with Crippen molar-refractivity contribution in [2.75, 3.05) is 60.5 Å². The van der Waals surface area contributed by atoms with Crippen molar-refractivity contribution in [2.24, 2.45) is 0 Å². The normalized spacial score (nSPS) is 25.0. The first-order valence-electron chi connectivity index (χ1n) is 13.2. The van der Waals surface area contributed by atoms with E-state index in [0.29, 0.717) is 24.9 Å². The number of fused-ring (bicyclic) bond motifs is 6. The summed E-state index contributed by atoms with van der Waals surface area (Å²) >= 11 is 0. The number of nitrogens with zero attached hydrogens (tertiary/aromatic N) is 4. The second-order valence-corrected chi connectivity index (χ2v) is 12.3. The first kappa shape index (κ1) is 25.7. The topological polar surface area (TPSA) is 76.5 Å². The highest BCUT2D eigenvalue weighted by Crippen LogP contribution is 2.56. The molecule has 0 aliphatic carbocycles. The van der Waals surface area contributed by atoms with E-state index in [-0.39, 0.29) is 12.0 Å². The van der Waals surface area contributed by atoms with Crippen molar-refractivity contribution in [3.05, 3.63) is 29.5 Å². The van der Waals surface area contributed by atoms with Gasteiger partial charge in [-0.05, 0) is 63.0 Å². The number of hydrogen-bond donors (Lipinski definition) is 0. The van der Waals surface area contributed by atoms with Crippen LogP contribution in [0.2, 0.25) is 0 Å². The standard InChI is InChI=1S/C26H39N4O5P/c1-5-7-23-21-8-6-12-28(23)13-11-20-22-18-19(35-26(31)29-16-14-27(2)15-17-29)9-10-24(22)30(25(20)21)36(32,33-3)34-4/h9-10,18,21,23H,5-8,11-17H2,1-4H3/t21-,23?/m1/s1. The van der Waals surface area contributed by atoms with Crippen molar-refractivity contribution in [3.8, 4) is 5.75 Å². The number of rotatable bonds is 6. The Balaban J connectivity index is 1.59. The van der Waals surface area contributed by atoms with E-state index >= 15 is 0 Å². The highest BCUT2D eigenvalue weighted by Gasteiger charge is 2.42. The molecule has 0 saturated carbocycles. The van der Waals surface area contributed by atoms with Crippen molar-refractivity contribution < 1.29 is 23.1 Å². The fourth-order valence-corrected chi connectivity index (χ4v) is 7.81. The molecule has 0 N–H and O–H groups in total. The second kappa shape index (κ2) is 10.5. The zero-order valence-corrected chi connectivity index (χ0v) is 22.8. The Kier molecular flexibility index (Phi) is 7.48. The van der Waals surface area contributed by atoms with Gasteiger partial charge in [-0.3, -0.25) is 18.3 Å². The monoisotopic (exact) mass is 518 g/mol. The average Bonchev–Trinajstić information content (AvgIpc) is 3.18. The van der Waals surface area contributed by atoms with Gasteiger partial charge in [0.05, 0.1) is 5.52 Å². The summed E-state index contributed by atoms with van der Waals surface area (Å²) in [6, 6.07) is 6.04. The minimum absolute atomic E-state index is 0.249. The molecule has 2 fully saturated rings. The lowest BCUT2D eigenvalue weighted by atomic mass is 9.84. The van der Waals surface area contributed by atoms with Gasteiger partial charge >= 0.3 is 13.8 Å². The molecule has 1 aromatic heterocycles. The van der Waals surface area contributed by atoms with Crippen LogP contribution < -0.4 is 4.74 Å². The van der Waals surface area contributed by atoms with Gasteiger partial charge in [0.25, 0.3) is 0 Å². The maximum atomic E-state index is 13.9. The third-order valence-corrected chi connectivity index (χ3v) is 10.1. The van der Waals surface area contributed by atoms with Crippen molar-refractivity contribution in [1.29, 1.82) is 0 Å². The van der Waals surface area contributed by atoms with Crippen LogP contribution in [0.25, 0.3) is 10.9 Å². The van der Waals surface area contributed by atoms with Crippen molar-refractivity contribution in [2.45, 2.75) is 51.0 Å². The number of amides is 1. The number of benzene rings is 1. The Hall–Kier alpha value is -1.90. The predicted molar refractivity (Wildman–Crippen MR) is 140 cm³/mol. The minimum atomic E-state index is -3.60. The van der Waals surface area contributed by atoms with Gasteiger partial charge in [0.1, 0.15) is 5.75 Å². The summed E-state index contributed by atoms with van der Waals surface area (Å²) in [4.78, 5) is 19.4. The van der Waals surface area contributed by atoms with Gasteiger partial charge in [-0.25, -0.2) is 9.36 Å². The van der Waals surface area contributed by atoms with Crippen LogP contribution in [0, 0.1) is 0 Å². The molecule has 198 valence electrons. The predicted octanol–water partition coefficient (Wildman–Crippen LogP) is 4.54. The van der Waals surface area contributed by atoms with Crippen molar-refractivity contribution >= 4 is 24.7 Å². The number of piperazine rings is 1. The Labute approximate surface area is 213 Å². The lowest BCUT2D eigenvalue weighted by molar-refractivity contribution is 0.120. The second-order valence-electron chi connectivity index (χ2n) is 10.2. The highest BCUT2D eigenvalue weighted by atomic mass is 31.2. The number of likely N-dealkylation sites (N-methyl/N-ethyl adjacent to an activating group) is 1. The van der Waals surface area contributed by atoms with Gasteiger partial charge in [0.15, 0.2) is 0 Å². The number of ether oxygens (including phenoxy) is 1. The number of hydrogen-bond acceptors (Lipinski definition) is 7. The molecular formula is C26H39N4O5P. The van der Waals surface area contributed by atoms with E-state index in [0.717, 1.165) is 74.9 Å². The lowest BCUT2D eigenvalue weighted by Crippen LogP contribution is -2.48. The molecule has 3 aliphatic rings. The molecule has 1 unspecified atom stereocenters. The van der Waals surface area contributed by atoms with Crippen LogP contribution in [-0.2, 0) is 20.0 Å². The summed E-state index contributed by atoms with van der Waals surface area (Å²) in [5, 5.41) is 0.965. The molecular weight excluding hydrogens is 479 g/mol. The lowest BCUT2D eigenvalue weighted by Gasteiger charge is -2.40. The van der Waals surface area contributed by atoms with Gasteiger partial charge in [-0.1, -0.05) is 13.3 Å². The van der Waals surface area contributed by atoms with Crippen LogP contribution in [0.5, 0.6) is 5.75 Å². The molecule has 10 heteroatoms. The molecule has 1 aromatic carbocycles. The van der Waals surface area contributed by atoms with E-state index < -0.39 is 7.75 Å². The molecule has 2 saturated heterocycles. The molecule has 4 heterocycles. The molecule has 2 aromatic rings. The number of aromatic nitrogens is 1. The van der Waals surface area contributed by atoms with E-state index in [1.54, 1.807) is 11.0 Å². The number of carbonyl (C=O) groups excluding carboxylic acids is 1. The average molecular weight is 519 g/mol. The first-order chi connectivity index (χ1) is 17.4. The van der Waals surface area contributed by atoms with Crippen LogP contribution in [0.3, 0.4) is 0 Å². The molecule has 3 aliphatic heterocycles. The Bertz CT molecular complexity index is 1150. The van der Waals surface area contributed by atoms with Gasteiger partial charge in [0.2, 0.25) is 0 Å². The molecule has 2 bridgehead atoms. The third kappa shape index (κ3) is 4.50. The quantitative estimate of drug-likeness (QED) is 0.520. The van der Waals surface area contributed by atoms with Crippen molar-refractivity contribution in [3.63, 3.8) is 0 Å². The first-order valence-corrected chi connectivity index (χ1v) is 14.7. The van der Waals surface area contributed by atoms with Gasteiger partial charge in [-0.2, -0.15) is 0 Å². The maximum absolute atomic E-state index is 13.9. The summed E-state index contributed by atoms with van der Waals surface area (Å²) in [7, 11) is 1.36. The van der Waals surface area contributed by atoms with E-state index in [4.69, 9.17) is 13.8 Å². The molecule has 3 atom stereocenters. The number of piperidine rings is 1. The minimum Gasteiger partial charge on any atom is -0.410 e. The molecule has 1 amide bonds. The van der Waals surface area contributed by atoms with Crippen LogP contribution in [0.15, 0.2) is 18.2 Å². The molecule has 0 spiro atoms. The van der Waals surface area contributed by atoms with Gasteiger partial charge < -0.3 is 14.5 Å². The summed E-state index contributed by atoms with van der Waals surface area (Å²) in [6.07, 6.45) is 4.89. The van der Waals surface area contributed by atoms with E-state index in [2.05, 4.69) is 23.8 Å². The SMILES string of the molecule is CCCC1[C@H]2CCC[N@]1CCc1c2n(P(=O)(OC)OC)c2ccc(OC(=O)N3CCN(C)CC3)cc12. The number of carbonyl (C=O) groups is 1. The van der Waals surface area contributed by atoms with Crippen LogP contribution in [0.1, 0.15) is 49.8 Å². The fourth-order valence-electron chi connectivity index (χ4n) is 6.36. The molecule has 36 heavy (non-hydrogen) atoms. The van der Waals surface area contributed by atoms with Crippen LogP contribution >= 0.6 is 7.75 Å². The summed E-state index contributed by atoms with van der Waals surface area (Å²) in [5.74, 6) is 0.757. The smallest absolute Gasteiger partial charge is 0.410 e. The third-order valence-electron chi connectivity index (χ3n) is 8.21. The molecule has 5 rings (SSSR count).